The lowest BCUT2D eigenvalue weighted by Gasteiger charge is -2.16. The molecule has 2 aromatic heterocycles. The summed E-state index contributed by atoms with van der Waals surface area (Å²) in [6.07, 6.45) is 5.29. The summed E-state index contributed by atoms with van der Waals surface area (Å²) in [6.45, 7) is 7.63. The van der Waals surface area contributed by atoms with Crippen LogP contribution in [-0.2, 0) is 6.42 Å². The Bertz CT molecular complexity index is 549. The van der Waals surface area contributed by atoms with Crippen LogP contribution in [0.3, 0.4) is 0 Å². The lowest BCUT2D eigenvalue weighted by atomic mass is 10.1. The first-order chi connectivity index (χ1) is 10.1. The summed E-state index contributed by atoms with van der Waals surface area (Å²) in [4.78, 5) is 0. The summed E-state index contributed by atoms with van der Waals surface area (Å²) in [5, 5.41) is 10.6. The van der Waals surface area contributed by atoms with Crippen LogP contribution in [0.4, 0.5) is 0 Å². The van der Waals surface area contributed by atoms with Crippen molar-refractivity contribution in [1.29, 1.82) is 0 Å². The lowest BCUT2D eigenvalue weighted by molar-refractivity contribution is 0.465. The normalized spacial score (nSPS) is 14.3. The van der Waals surface area contributed by atoms with E-state index in [-0.39, 0.29) is 0 Å². The highest BCUT2D eigenvalue weighted by Gasteiger charge is 2.15. The van der Waals surface area contributed by atoms with Gasteiger partial charge in [0.2, 0.25) is 0 Å². The molecule has 0 fully saturated rings. The first-order valence-corrected chi connectivity index (χ1v) is 9.32. The van der Waals surface area contributed by atoms with Gasteiger partial charge in [-0.2, -0.15) is 5.10 Å². The standard InChI is InChI=1S/C16H24BrN3S/c1-4-7-18-15(13-9-16(17)21-11-13)10-14-6-8-20(19-14)12(3)5-2/h6,8-9,11-12,15,18H,4-5,7,10H2,1-3H3. The van der Waals surface area contributed by atoms with Gasteiger partial charge in [0.05, 0.1) is 9.48 Å². The summed E-state index contributed by atoms with van der Waals surface area (Å²) in [5.41, 5.74) is 2.50. The summed E-state index contributed by atoms with van der Waals surface area (Å²) < 4.78 is 3.27. The van der Waals surface area contributed by atoms with E-state index in [0.717, 1.165) is 31.5 Å². The summed E-state index contributed by atoms with van der Waals surface area (Å²) in [6, 6.07) is 5.17. The molecule has 5 heteroatoms. The van der Waals surface area contributed by atoms with Gasteiger partial charge in [0.25, 0.3) is 0 Å². The molecule has 2 heterocycles. The third-order valence-electron chi connectivity index (χ3n) is 3.75. The predicted octanol–water partition coefficient (Wildman–Crippen LogP) is 4.96. The molecule has 2 aromatic rings. The molecule has 2 rings (SSSR count). The van der Waals surface area contributed by atoms with E-state index in [1.54, 1.807) is 11.3 Å². The highest BCUT2D eigenvalue weighted by atomic mass is 79.9. The Morgan fingerprint density at radius 2 is 2.24 bits per heavy atom. The largest absolute Gasteiger partial charge is 0.310 e. The zero-order valence-electron chi connectivity index (χ0n) is 13.0. The molecule has 0 radical (unpaired) electrons. The first kappa shape index (κ1) is 16.7. The van der Waals surface area contributed by atoms with E-state index in [1.165, 1.54) is 9.35 Å². The van der Waals surface area contributed by atoms with Crippen molar-refractivity contribution in [2.24, 2.45) is 0 Å². The van der Waals surface area contributed by atoms with Crippen molar-refractivity contribution in [2.75, 3.05) is 6.54 Å². The van der Waals surface area contributed by atoms with E-state index < -0.39 is 0 Å². The maximum atomic E-state index is 4.73. The van der Waals surface area contributed by atoms with Crippen LogP contribution in [0.15, 0.2) is 27.5 Å². The molecule has 0 aromatic carbocycles. The van der Waals surface area contributed by atoms with Gasteiger partial charge in [0, 0.05) is 24.7 Å². The fourth-order valence-corrected chi connectivity index (χ4v) is 3.49. The zero-order chi connectivity index (χ0) is 15.2. The number of nitrogens with one attached hydrogen (secondary N) is 1. The third-order valence-corrected chi connectivity index (χ3v) is 5.27. The molecule has 0 saturated heterocycles. The van der Waals surface area contributed by atoms with E-state index in [0.29, 0.717) is 12.1 Å². The topological polar surface area (TPSA) is 29.9 Å². The van der Waals surface area contributed by atoms with E-state index >= 15 is 0 Å². The van der Waals surface area contributed by atoms with Gasteiger partial charge in [-0.1, -0.05) is 13.8 Å². The van der Waals surface area contributed by atoms with Crippen LogP contribution in [0.25, 0.3) is 0 Å². The maximum absolute atomic E-state index is 4.73. The van der Waals surface area contributed by atoms with Gasteiger partial charge in [0.15, 0.2) is 0 Å². The third kappa shape index (κ3) is 4.66. The number of halogens is 1. The van der Waals surface area contributed by atoms with Crippen molar-refractivity contribution in [3.8, 4) is 0 Å². The van der Waals surface area contributed by atoms with Crippen molar-refractivity contribution in [3.63, 3.8) is 0 Å². The fraction of sp³-hybridized carbons (Fsp3) is 0.562. The van der Waals surface area contributed by atoms with Gasteiger partial charge in [-0.3, -0.25) is 4.68 Å². The Morgan fingerprint density at radius 1 is 1.43 bits per heavy atom. The van der Waals surface area contributed by atoms with Crippen LogP contribution in [0.5, 0.6) is 0 Å². The molecular weight excluding hydrogens is 346 g/mol. The van der Waals surface area contributed by atoms with E-state index in [9.17, 15) is 0 Å². The maximum Gasteiger partial charge on any atom is 0.0701 e. The van der Waals surface area contributed by atoms with Gasteiger partial charge >= 0.3 is 0 Å². The van der Waals surface area contributed by atoms with Crippen molar-refractivity contribution in [3.05, 3.63) is 38.8 Å². The average molecular weight is 370 g/mol. The van der Waals surface area contributed by atoms with E-state index in [2.05, 4.69) is 70.4 Å². The molecular formula is C16H24BrN3S. The second-order valence-corrected chi connectivity index (χ2v) is 7.73. The zero-order valence-corrected chi connectivity index (χ0v) is 15.4. The molecule has 0 aliphatic heterocycles. The molecule has 0 aliphatic rings. The van der Waals surface area contributed by atoms with Crippen LogP contribution in [-0.4, -0.2) is 16.3 Å². The second-order valence-electron chi connectivity index (χ2n) is 5.44. The van der Waals surface area contributed by atoms with Crippen molar-refractivity contribution < 1.29 is 0 Å². The highest BCUT2D eigenvalue weighted by Crippen LogP contribution is 2.27. The molecule has 2 atom stereocenters. The number of aromatic nitrogens is 2. The Balaban J connectivity index is 2.09. The van der Waals surface area contributed by atoms with Gasteiger partial charge in [-0.25, -0.2) is 0 Å². The minimum atomic E-state index is 0.341. The van der Waals surface area contributed by atoms with Crippen LogP contribution in [0.1, 0.15) is 57.0 Å². The van der Waals surface area contributed by atoms with Gasteiger partial charge in [-0.05, 0) is 65.3 Å². The van der Waals surface area contributed by atoms with E-state index in [4.69, 9.17) is 5.10 Å². The Morgan fingerprint density at radius 3 is 2.86 bits per heavy atom. The molecule has 0 aliphatic carbocycles. The SMILES string of the molecule is CCCNC(Cc1ccn(C(C)CC)n1)c1csc(Br)c1. The number of nitrogens with zero attached hydrogens (tertiary/aromatic N) is 2. The molecule has 116 valence electrons. The number of thiophene rings is 1. The van der Waals surface area contributed by atoms with Gasteiger partial charge in [0.1, 0.15) is 0 Å². The average Bonchev–Trinajstić information content (AvgIpc) is 3.11. The number of hydrogen-bond donors (Lipinski definition) is 1. The highest BCUT2D eigenvalue weighted by molar-refractivity contribution is 9.11. The number of hydrogen-bond acceptors (Lipinski definition) is 3. The summed E-state index contributed by atoms with van der Waals surface area (Å²) >= 11 is 5.30. The van der Waals surface area contributed by atoms with E-state index in [1.807, 2.05) is 0 Å². The monoisotopic (exact) mass is 369 g/mol. The Labute approximate surface area is 139 Å². The molecule has 0 bridgehead atoms. The smallest absolute Gasteiger partial charge is 0.0701 e. The first-order valence-electron chi connectivity index (χ1n) is 7.65. The van der Waals surface area contributed by atoms with Gasteiger partial charge in [-0.15, -0.1) is 11.3 Å². The minimum absolute atomic E-state index is 0.341. The predicted molar refractivity (Wildman–Crippen MR) is 94.0 cm³/mol. The lowest BCUT2D eigenvalue weighted by Crippen LogP contribution is -2.24. The van der Waals surface area contributed by atoms with Gasteiger partial charge < -0.3 is 5.32 Å². The van der Waals surface area contributed by atoms with Crippen LogP contribution < -0.4 is 5.32 Å². The molecule has 3 nitrogen and oxygen atoms in total. The molecule has 1 N–H and O–H groups in total. The molecule has 0 saturated carbocycles. The molecule has 0 amide bonds. The Kier molecular flexibility index (Phi) is 6.45. The molecule has 21 heavy (non-hydrogen) atoms. The molecule has 0 spiro atoms. The minimum Gasteiger partial charge on any atom is -0.310 e. The van der Waals surface area contributed by atoms with Crippen molar-refractivity contribution in [1.82, 2.24) is 15.1 Å². The Hall–Kier alpha value is -0.650. The summed E-state index contributed by atoms with van der Waals surface area (Å²) in [7, 11) is 0. The quantitative estimate of drug-likeness (QED) is 0.712. The second kappa shape index (κ2) is 8.11. The van der Waals surface area contributed by atoms with Crippen LogP contribution in [0, 0.1) is 0 Å². The summed E-state index contributed by atoms with van der Waals surface area (Å²) in [5.74, 6) is 0. The number of rotatable bonds is 8. The van der Waals surface area contributed by atoms with Crippen molar-refractivity contribution >= 4 is 27.3 Å². The van der Waals surface area contributed by atoms with Crippen LogP contribution >= 0.6 is 27.3 Å². The molecule has 2 unspecified atom stereocenters. The fourth-order valence-electron chi connectivity index (χ4n) is 2.26. The van der Waals surface area contributed by atoms with Crippen LogP contribution in [0.2, 0.25) is 0 Å². The van der Waals surface area contributed by atoms with Crippen molar-refractivity contribution in [2.45, 2.75) is 52.1 Å².